The van der Waals surface area contributed by atoms with Crippen LogP contribution in [0, 0.1) is 11.7 Å². The zero-order chi connectivity index (χ0) is 18.1. The number of pyridine rings is 1. The minimum absolute atomic E-state index is 0.0862. The van der Waals surface area contributed by atoms with Gasteiger partial charge in [0.05, 0.1) is 10.9 Å². The highest BCUT2D eigenvalue weighted by molar-refractivity contribution is 5.92. The van der Waals surface area contributed by atoms with Gasteiger partial charge < -0.3 is 15.4 Å². The van der Waals surface area contributed by atoms with Crippen LogP contribution < -0.4 is 15.8 Å². The quantitative estimate of drug-likeness (QED) is 0.863. The van der Waals surface area contributed by atoms with Crippen molar-refractivity contribution >= 4 is 16.9 Å². The van der Waals surface area contributed by atoms with Crippen molar-refractivity contribution in [2.24, 2.45) is 5.92 Å². The van der Waals surface area contributed by atoms with E-state index >= 15 is 0 Å². The Balaban J connectivity index is 2.06. The van der Waals surface area contributed by atoms with Gasteiger partial charge >= 0.3 is 5.97 Å². The number of hydrogen-bond donors (Lipinski definition) is 2. The van der Waals surface area contributed by atoms with E-state index in [0.29, 0.717) is 17.5 Å². The van der Waals surface area contributed by atoms with E-state index in [1.807, 2.05) is 5.01 Å². The Bertz CT molecular complexity index is 865. The summed E-state index contributed by atoms with van der Waals surface area (Å²) in [5.41, 5.74) is -0.482. The van der Waals surface area contributed by atoms with Gasteiger partial charge in [-0.05, 0) is 44.0 Å². The van der Waals surface area contributed by atoms with E-state index in [1.165, 1.54) is 18.3 Å². The van der Waals surface area contributed by atoms with E-state index in [0.717, 1.165) is 32.1 Å². The summed E-state index contributed by atoms with van der Waals surface area (Å²) in [5.74, 6) is -1.44. The highest BCUT2D eigenvalue weighted by atomic mass is 19.1. The normalized spacial score (nSPS) is 18.7. The maximum atomic E-state index is 13.6. The molecule has 1 aromatic carbocycles. The second-order valence-electron chi connectivity index (χ2n) is 6.49. The number of fused-ring (bicyclic) bond motifs is 1. The number of carbonyl (C=O) groups is 1. The molecule has 1 fully saturated rings. The molecule has 2 atom stereocenters. The first-order valence-electron chi connectivity index (χ1n) is 8.49. The molecule has 3 rings (SSSR count). The molecule has 0 bridgehead atoms. The van der Waals surface area contributed by atoms with Crippen LogP contribution in [-0.2, 0) is 0 Å². The number of rotatable bonds is 5. The molecule has 1 aromatic heterocycles. The molecular weight excluding hydrogens is 325 g/mol. The van der Waals surface area contributed by atoms with Crippen molar-refractivity contribution in [1.29, 1.82) is 0 Å². The second kappa shape index (κ2) is 6.84. The van der Waals surface area contributed by atoms with Gasteiger partial charge in [0.25, 0.3) is 0 Å². The van der Waals surface area contributed by atoms with Gasteiger partial charge in [-0.3, -0.25) is 9.47 Å². The summed E-state index contributed by atoms with van der Waals surface area (Å²) in [7, 11) is 0. The van der Waals surface area contributed by atoms with Crippen LogP contribution >= 0.6 is 0 Å². The first-order chi connectivity index (χ1) is 11.9. The lowest BCUT2D eigenvalue weighted by Crippen LogP contribution is -2.38. The fourth-order valence-electron chi connectivity index (χ4n) is 3.53. The predicted molar refractivity (Wildman–Crippen MR) is 94.3 cm³/mol. The van der Waals surface area contributed by atoms with Crippen molar-refractivity contribution in [1.82, 2.24) is 9.99 Å². The summed E-state index contributed by atoms with van der Waals surface area (Å²) in [6, 6.07) is 4.26. The Hall–Kier alpha value is -2.41. The molecule has 2 heterocycles. The first kappa shape index (κ1) is 17.4. The second-order valence-corrected chi connectivity index (χ2v) is 6.49. The van der Waals surface area contributed by atoms with Crippen LogP contribution in [0.15, 0.2) is 29.2 Å². The van der Waals surface area contributed by atoms with E-state index in [9.17, 15) is 19.1 Å². The van der Waals surface area contributed by atoms with Crippen LogP contribution in [0.4, 0.5) is 4.39 Å². The third-order valence-electron chi connectivity index (χ3n) is 4.92. The maximum Gasteiger partial charge on any atom is 0.341 e. The van der Waals surface area contributed by atoms with Crippen molar-refractivity contribution in [2.45, 2.75) is 26.3 Å². The topological polar surface area (TPSA) is 74.6 Å². The fraction of sp³-hybridized carbons (Fsp3) is 0.444. The molecule has 2 unspecified atom stereocenters. The van der Waals surface area contributed by atoms with E-state index in [-0.39, 0.29) is 10.9 Å². The van der Waals surface area contributed by atoms with E-state index in [2.05, 4.69) is 19.2 Å². The smallest absolute Gasteiger partial charge is 0.341 e. The number of carboxylic acid groups (broad SMARTS) is 1. The monoisotopic (exact) mass is 347 g/mol. The predicted octanol–water partition coefficient (Wildman–Crippen LogP) is 1.79. The molecule has 1 aliphatic rings. The van der Waals surface area contributed by atoms with Crippen LogP contribution in [0.3, 0.4) is 0 Å². The number of aromatic nitrogens is 1. The molecule has 0 aliphatic carbocycles. The summed E-state index contributed by atoms with van der Waals surface area (Å²) < 4.78 is 15.3. The zero-order valence-electron chi connectivity index (χ0n) is 14.3. The Morgan fingerprint density at radius 1 is 1.48 bits per heavy atom. The van der Waals surface area contributed by atoms with Crippen LogP contribution in [0.1, 0.15) is 30.6 Å². The van der Waals surface area contributed by atoms with Gasteiger partial charge in [0.15, 0.2) is 0 Å². The molecule has 0 amide bonds. The lowest BCUT2D eigenvalue weighted by molar-refractivity contribution is 0.0695. The van der Waals surface area contributed by atoms with Gasteiger partial charge in [0.1, 0.15) is 11.4 Å². The standard InChI is InChI=1S/C18H22FN3O3/c1-3-20-11(2)12-6-7-21(9-12)22-10-15(18(24)25)17(23)14-8-13(19)4-5-16(14)22/h4-5,8,10-12,20H,3,6-7,9H2,1-2H3,(H,24,25). The minimum atomic E-state index is -1.30. The number of aromatic carboxylic acids is 1. The Labute approximate surface area is 144 Å². The van der Waals surface area contributed by atoms with Crippen molar-refractivity contribution in [3.05, 3.63) is 46.0 Å². The molecule has 0 saturated carbocycles. The van der Waals surface area contributed by atoms with Gasteiger partial charge in [0.2, 0.25) is 5.43 Å². The molecule has 1 saturated heterocycles. The number of benzene rings is 1. The number of hydrogen-bond acceptors (Lipinski definition) is 4. The molecule has 1 aliphatic heterocycles. The highest BCUT2D eigenvalue weighted by Crippen LogP contribution is 2.22. The average molecular weight is 347 g/mol. The third kappa shape index (κ3) is 3.24. The number of nitrogens with zero attached hydrogens (tertiary/aromatic N) is 2. The summed E-state index contributed by atoms with van der Waals surface area (Å²) in [4.78, 5) is 23.8. The summed E-state index contributed by atoms with van der Waals surface area (Å²) in [6.07, 6.45) is 2.32. The first-order valence-corrected chi connectivity index (χ1v) is 8.49. The molecule has 134 valence electrons. The zero-order valence-corrected chi connectivity index (χ0v) is 14.3. The molecule has 25 heavy (non-hydrogen) atoms. The molecule has 7 heteroatoms. The van der Waals surface area contributed by atoms with Gasteiger partial charge in [0, 0.05) is 25.3 Å². The van der Waals surface area contributed by atoms with Crippen molar-refractivity contribution in [3.8, 4) is 0 Å². The van der Waals surface area contributed by atoms with Crippen LogP contribution in [0.2, 0.25) is 0 Å². The fourth-order valence-corrected chi connectivity index (χ4v) is 3.53. The Kier molecular flexibility index (Phi) is 4.76. The van der Waals surface area contributed by atoms with Crippen molar-refractivity contribution in [3.63, 3.8) is 0 Å². The Morgan fingerprint density at radius 2 is 2.24 bits per heavy atom. The SMILES string of the molecule is CCNC(C)C1CCN(n2cc(C(=O)O)c(=O)c3cc(F)ccc32)C1. The third-order valence-corrected chi connectivity index (χ3v) is 4.92. The largest absolute Gasteiger partial charge is 0.477 e. The summed E-state index contributed by atoms with van der Waals surface area (Å²) in [5, 5.41) is 14.9. The number of carboxylic acids is 1. The van der Waals surface area contributed by atoms with E-state index < -0.39 is 17.2 Å². The van der Waals surface area contributed by atoms with Gasteiger partial charge in [-0.1, -0.05) is 6.92 Å². The molecule has 0 spiro atoms. The highest BCUT2D eigenvalue weighted by Gasteiger charge is 2.28. The molecule has 2 N–H and O–H groups in total. The number of halogens is 1. The Morgan fingerprint density at radius 3 is 2.92 bits per heavy atom. The van der Waals surface area contributed by atoms with Crippen LogP contribution in [0.25, 0.3) is 10.9 Å². The average Bonchev–Trinajstić information content (AvgIpc) is 3.05. The molecule has 6 nitrogen and oxygen atoms in total. The molecule has 0 radical (unpaired) electrons. The minimum Gasteiger partial charge on any atom is -0.477 e. The molecular formula is C18H22FN3O3. The molecule has 2 aromatic rings. The van der Waals surface area contributed by atoms with E-state index in [1.54, 1.807) is 4.68 Å². The van der Waals surface area contributed by atoms with Gasteiger partial charge in [-0.25, -0.2) is 9.18 Å². The van der Waals surface area contributed by atoms with Gasteiger partial charge in [-0.15, -0.1) is 0 Å². The van der Waals surface area contributed by atoms with Crippen LogP contribution in [0.5, 0.6) is 0 Å². The van der Waals surface area contributed by atoms with Crippen LogP contribution in [-0.4, -0.2) is 41.4 Å². The number of nitrogens with one attached hydrogen (secondary N) is 1. The van der Waals surface area contributed by atoms with Crippen molar-refractivity contribution < 1.29 is 14.3 Å². The summed E-state index contributed by atoms with van der Waals surface area (Å²) >= 11 is 0. The maximum absolute atomic E-state index is 13.6. The van der Waals surface area contributed by atoms with Gasteiger partial charge in [-0.2, -0.15) is 0 Å². The lowest BCUT2D eigenvalue weighted by Gasteiger charge is -2.26. The van der Waals surface area contributed by atoms with E-state index in [4.69, 9.17) is 0 Å². The van der Waals surface area contributed by atoms with Crippen molar-refractivity contribution in [2.75, 3.05) is 24.6 Å². The summed E-state index contributed by atoms with van der Waals surface area (Å²) in [6.45, 7) is 6.57. The lowest BCUT2D eigenvalue weighted by atomic mass is 10.0.